The molecule has 0 saturated heterocycles. The smallest absolute Gasteiger partial charge is 0.0690 e. The number of rotatable bonds is 4. The molecule has 1 unspecified atom stereocenters. The van der Waals surface area contributed by atoms with Crippen LogP contribution in [-0.4, -0.2) is 15.8 Å². The van der Waals surface area contributed by atoms with Crippen LogP contribution < -0.4 is 5.32 Å². The van der Waals surface area contributed by atoms with Crippen molar-refractivity contribution in [2.45, 2.75) is 45.7 Å². The summed E-state index contributed by atoms with van der Waals surface area (Å²) in [4.78, 5) is 0. The number of para-hydroxylation sites is 1. The molecule has 1 aliphatic rings. The van der Waals surface area contributed by atoms with Gasteiger partial charge in [-0.15, -0.1) is 0 Å². The van der Waals surface area contributed by atoms with E-state index in [1.807, 2.05) is 23.1 Å². The minimum Gasteiger partial charge on any atom is -0.310 e. The van der Waals surface area contributed by atoms with E-state index in [1.54, 1.807) is 0 Å². The largest absolute Gasteiger partial charge is 0.310 e. The monoisotopic (exact) mass is 269 g/mol. The van der Waals surface area contributed by atoms with Crippen molar-refractivity contribution in [1.82, 2.24) is 15.1 Å². The zero-order valence-corrected chi connectivity index (χ0v) is 12.3. The van der Waals surface area contributed by atoms with E-state index >= 15 is 0 Å². The number of aromatic nitrogens is 2. The van der Waals surface area contributed by atoms with E-state index < -0.39 is 0 Å². The van der Waals surface area contributed by atoms with Gasteiger partial charge in [-0.2, -0.15) is 5.10 Å². The Morgan fingerprint density at radius 3 is 2.85 bits per heavy atom. The zero-order valence-electron chi connectivity index (χ0n) is 12.3. The van der Waals surface area contributed by atoms with Crippen molar-refractivity contribution < 1.29 is 0 Å². The Hall–Kier alpha value is -1.61. The quantitative estimate of drug-likeness (QED) is 0.920. The van der Waals surface area contributed by atoms with Gasteiger partial charge in [-0.3, -0.25) is 0 Å². The normalized spacial score (nSPS) is 21.2. The summed E-state index contributed by atoms with van der Waals surface area (Å²) in [5.74, 6) is 0. The molecule has 0 aliphatic heterocycles. The first-order valence-electron chi connectivity index (χ1n) is 7.45. The second kappa shape index (κ2) is 5.41. The summed E-state index contributed by atoms with van der Waals surface area (Å²) in [6.45, 7) is 5.65. The molecule has 0 amide bonds. The highest BCUT2D eigenvalue weighted by Gasteiger charge is 2.30. The van der Waals surface area contributed by atoms with E-state index in [9.17, 15) is 0 Å². The average Bonchev–Trinajstić information content (AvgIpc) is 3.06. The van der Waals surface area contributed by atoms with Gasteiger partial charge >= 0.3 is 0 Å². The Kier molecular flexibility index (Phi) is 3.62. The van der Waals surface area contributed by atoms with E-state index in [0.29, 0.717) is 11.5 Å². The second-order valence-electron chi connectivity index (χ2n) is 6.56. The maximum Gasteiger partial charge on any atom is 0.0690 e. The molecule has 1 saturated carbocycles. The lowest BCUT2D eigenvalue weighted by Crippen LogP contribution is -2.27. The molecular weight excluding hydrogens is 246 g/mol. The molecule has 3 nitrogen and oxygen atoms in total. The Bertz CT molecular complexity index is 557. The van der Waals surface area contributed by atoms with Gasteiger partial charge in [-0.1, -0.05) is 32.0 Å². The van der Waals surface area contributed by atoms with Crippen LogP contribution >= 0.6 is 0 Å². The van der Waals surface area contributed by atoms with E-state index in [1.165, 1.54) is 30.5 Å². The molecule has 20 heavy (non-hydrogen) atoms. The molecular formula is C17H23N3. The molecule has 1 heterocycles. The molecule has 2 aromatic rings. The molecule has 1 aliphatic carbocycles. The van der Waals surface area contributed by atoms with Crippen molar-refractivity contribution in [2.24, 2.45) is 5.41 Å². The highest BCUT2D eigenvalue weighted by molar-refractivity contribution is 5.40. The Labute approximate surface area is 121 Å². The average molecular weight is 269 g/mol. The predicted octanol–water partition coefficient (Wildman–Crippen LogP) is 3.54. The molecule has 3 rings (SSSR count). The lowest BCUT2D eigenvalue weighted by Gasteiger charge is -2.18. The third-order valence-corrected chi connectivity index (χ3v) is 4.29. The summed E-state index contributed by atoms with van der Waals surface area (Å²) in [6, 6.07) is 11.1. The minimum absolute atomic E-state index is 0.499. The number of nitrogens with one attached hydrogen (secondary N) is 1. The lowest BCUT2D eigenvalue weighted by molar-refractivity contribution is 0.364. The summed E-state index contributed by atoms with van der Waals surface area (Å²) in [6.07, 6.45) is 7.71. The van der Waals surface area contributed by atoms with Crippen LogP contribution in [0.4, 0.5) is 0 Å². The number of nitrogens with zero attached hydrogens (tertiary/aromatic N) is 2. The third kappa shape index (κ3) is 2.93. The fourth-order valence-electron chi connectivity index (χ4n) is 3.16. The van der Waals surface area contributed by atoms with Crippen molar-refractivity contribution in [2.75, 3.05) is 0 Å². The standard InChI is InChI=1S/C17H23N3/c1-17(2)9-8-15(12-17)18-13-14-6-3-4-7-16(14)20-11-5-10-19-20/h3-7,10-11,15,18H,8-9,12-13H2,1-2H3. The summed E-state index contributed by atoms with van der Waals surface area (Å²) in [7, 11) is 0. The highest BCUT2D eigenvalue weighted by Crippen LogP contribution is 2.37. The SMILES string of the molecule is CC1(C)CCC(NCc2ccccc2-n2cccn2)C1. The topological polar surface area (TPSA) is 29.9 Å². The zero-order chi connectivity index (χ0) is 14.0. The molecule has 3 heteroatoms. The van der Waals surface area contributed by atoms with Crippen molar-refractivity contribution >= 4 is 0 Å². The maximum absolute atomic E-state index is 4.34. The summed E-state index contributed by atoms with van der Waals surface area (Å²) < 4.78 is 1.94. The molecule has 1 N–H and O–H groups in total. The van der Waals surface area contributed by atoms with E-state index in [2.05, 4.69) is 48.5 Å². The molecule has 1 atom stereocenters. The van der Waals surface area contributed by atoms with Gasteiger partial charge in [0, 0.05) is 25.0 Å². The van der Waals surface area contributed by atoms with E-state index in [0.717, 1.165) is 6.54 Å². The molecule has 0 bridgehead atoms. The number of benzene rings is 1. The molecule has 0 radical (unpaired) electrons. The van der Waals surface area contributed by atoms with Crippen molar-refractivity contribution in [1.29, 1.82) is 0 Å². The van der Waals surface area contributed by atoms with Gasteiger partial charge in [0.2, 0.25) is 0 Å². The molecule has 0 spiro atoms. The van der Waals surface area contributed by atoms with E-state index in [4.69, 9.17) is 0 Å². The predicted molar refractivity (Wildman–Crippen MR) is 81.8 cm³/mol. The minimum atomic E-state index is 0.499. The summed E-state index contributed by atoms with van der Waals surface area (Å²) in [5, 5.41) is 8.05. The highest BCUT2D eigenvalue weighted by atomic mass is 15.3. The van der Waals surface area contributed by atoms with Crippen LogP contribution in [0.15, 0.2) is 42.7 Å². The van der Waals surface area contributed by atoms with Crippen LogP contribution in [0.2, 0.25) is 0 Å². The van der Waals surface area contributed by atoms with Crippen LogP contribution in [-0.2, 0) is 6.54 Å². The van der Waals surface area contributed by atoms with Crippen LogP contribution in [0.25, 0.3) is 5.69 Å². The summed E-state index contributed by atoms with van der Waals surface area (Å²) in [5.41, 5.74) is 2.97. The molecule has 1 aromatic heterocycles. The van der Waals surface area contributed by atoms with Crippen LogP contribution in [0.3, 0.4) is 0 Å². The second-order valence-corrected chi connectivity index (χ2v) is 6.56. The van der Waals surface area contributed by atoms with Gasteiger partial charge in [0.1, 0.15) is 0 Å². The third-order valence-electron chi connectivity index (χ3n) is 4.29. The van der Waals surface area contributed by atoms with Gasteiger partial charge in [0.15, 0.2) is 0 Å². The fraction of sp³-hybridized carbons (Fsp3) is 0.471. The van der Waals surface area contributed by atoms with Crippen molar-refractivity contribution in [3.05, 3.63) is 48.3 Å². The Morgan fingerprint density at radius 2 is 2.15 bits per heavy atom. The first kappa shape index (κ1) is 13.4. The van der Waals surface area contributed by atoms with Gasteiger partial charge < -0.3 is 5.32 Å². The van der Waals surface area contributed by atoms with Crippen LogP contribution in [0.1, 0.15) is 38.7 Å². The molecule has 1 fully saturated rings. The van der Waals surface area contributed by atoms with E-state index in [-0.39, 0.29) is 0 Å². The first-order chi connectivity index (χ1) is 9.64. The summed E-state index contributed by atoms with van der Waals surface area (Å²) >= 11 is 0. The number of hydrogen-bond acceptors (Lipinski definition) is 2. The van der Waals surface area contributed by atoms with Gasteiger partial charge in [-0.05, 0) is 42.4 Å². The fourth-order valence-corrected chi connectivity index (χ4v) is 3.16. The molecule has 106 valence electrons. The van der Waals surface area contributed by atoms with Crippen molar-refractivity contribution in [3.8, 4) is 5.69 Å². The number of hydrogen-bond donors (Lipinski definition) is 1. The van der Waals surface area contributed by atoms with Gasteiger partial charge in [0.25, 0.3) is 0 Å². The Balaban J connectivity index is 1.69. The van der Waals surface area contributed by atoms with Crippen LogP contribution in [0, 0.1) is 5.41 Å². The lowest BCUT2D eigenvalue weighted by atomic mass is 9.92. The first-order valence-corrected chi connectivity index (χ1v) is 7.45. The Morgan fingerprint density at radius 1 is 1.30 bits per heavy atom. The van der Waals surface area contributed by atoms with Crippen molar-refractivity contribution in [3.63, 3.8) is 0 Å². The van der Waals surface area contributed by atoms with Gasteiger partial charge in [-0.25, -0.2) is 4.68 Å². The molecule has 1 aromatic carbocycles. The van der Waals surface area contributed by atoms with Gasteiger partial charge in [0.05, 0.1) is 5.69 Å². The van der Waals surface area contributed by atoms with Crippen LogP contribution in [0.5, 0.6) is 0 Å². The maximum atomic E-state index is 4.34.